The fourth-order valence-electron chi connectivity index (χ4n) is 4.61. The van der Waals surface area contributed by atoms with Crippen molar-refractivity contribution >= 4 is 22.9 Å². The lowest BCUT2D eigenvalue weighted by Gasteiger charge is -2.34. The number of hydrogen-bond donors (Lipinski definition) is 1. The van der Waals surface area contributed by atoms with Crippen LogP contribution in [0.4, 0.5) is 5.95 Å². The molecule has 1 aromatic heterocycles. The van der Waals surface area contributed by atoms with Crippen molar-refractivity contribution in [2.24, 2.45) is 7.05 Å². The van der Waals surface area contributed by atoms with Crippen LogP contribution in [0, 0.1) is 0 Å². The van der Waals surface area contributed by atoms with Gasteiger partial charge in [-0.1, -0.05) is 25.1 Å². The third-order valence-electron chi connectivity index (χ3n) is 6.49. The van der Waals surface area contributed by atoms with Gasteiger partial charge in [0.1, 0.15) is 5.75 Å². The van der Waals surface area contributed by atoms with Gasteiger partial charge in [0.15, 0.2) is 0 Å². The van der Waals surface area contributed by atoms with Crippen LogP contribution >= 0.6 is 0 Å². The predicted octanol–water partition coefficient (Wildman–Crippen LogP) is 2.97. The number of amides is 1. The van der Waals surface area contributed by atoms with Gasteiger partial charge in [0.25, 0.3) is 5.91 Å². The molecule has 2 aliphatic rings. The summed E-state index contributed by atoms with van der Waals surface area (Å²) in [6.07, 6.45) is 0.766. The van der Waals surface area contributed by atoms with Crippen LogP contribution in [-0.2, 0) is 7.05 Å². The first-order valence-electron chi connectivity index (χ1n) is 11.1. The van der Waals surface area contributed by atoms with Crippen molar-refractivity contribution in [3.8, 4) is 5.75 Å². The van der Waals surface area contributed by atoms with Crippen LogP contribution in [0.2, 0.25) is 0 Å². The fraction of sp³-hybridized carbons (Fsp3) is 0.417. The summed E-state index contributed by atoms with van der Waals surface area (Å²) in [6.45, 7) is 7.96. The number of carbonyl (C=O) groups excluding carboxylic acids is 1. The zero-order valence-electron chi connectivity index (χ0n) is 18.2. The molecule has 1 N–H and O–H groups in total. The number of aromatic nitrogens is 2. The van der Waals surface area contributed by atoms with E-state index in [2.05, 4.69) is 33.7 Å². The van der Waals surface area contributed by atoms with Gasteiger partial charge in [-0.25, -0.2) is 4.98 Å². The Bertz CT molecular complexity index is 1100. The molecule has 1 fully saturated rings. The summed E-state index contributed by atoms with van der Waals surface area (Å²) in [6, 6.07) is 13.7. The third-order valence-corrected chi connectivity index (χ3v) is 6.49. The van der Waals surface area contributed by atoms with Crippen LogP contribution < -0.4 is 15.0 Å². The molecule has 7 heteroatoms. The number of para-hydroxylation sites is 1. The number of likely N-dealkylation sites (N-methyl/N-ethyl adjacent to an activating group) is 1. The van der Waals surface area contributed by atoms with Crippen LogP contribution in [0.25, 0.3) is 11.0 Å². The first kappa shape index (κ1) is 19.9. The molecule has 5 rings (SSSR count). The summed E-state index contributed by atoms with van der Waals surface area (Å²) in [7, 11) is 2.05. The summed E-state index contributed by atoms with van der Waals surface area (Å²) >= 11 is 0. The largest absolute Gasteiger partial charge is 0.493 e. The van der Waals surface area contributed by atoms with E-state index in [1.54, 1.807) is 0 Å². The van der Waals surface area contributed by atoms with Gasteiger partial charge in [-0.15, -0.1) is 0 Å². The topological polar surface area (TPSA) is 62.6 Å². The average molecular weight is 420 g/mol. The van der Waals surface area contributed by atoms with Gasteiger partial charge in [-0.3, -0.25) is 4.79 Å². The number of imidazole rings is 1. The maximum Gasteiger partial charge on any atom is 0.251 e. The SMILES string of the molecule is CCN1CCN(c2nc3cc(C(=O)N[C@H]4CCOc5ccccc54)ccc3n2C)CC1. The molecule has 31 heavy (non-hydrogen) atoms. The molecule has 0 unspecified atom stereocenters. The Morgan fingerprint density at radius 1 is 1.16 bits per heavy atom. The van der Waals surface area contributed by atoms with Crippen LogP contribution in [0.3, 0.4) is 0 Å². The van der Waals surface area contributed by atoms with Crippen molar-refractivity contribution in [3.05, 3.63) is 53.6 Å². The highest BCUT2D eigenvalue weighted by atomic mass is 16.5. The molecular formula is C24H29N5O2. The minimum absolute atomic E-state index is 0.0395. The lowest BCUT2D eigenvalue weighted by atomic mass is 10.00. The fourth-order valence-corrected chi connectivity index (χ4v) is 4.61. The molecule has 0 bridgehead atoms. The molecule has 0 saturated carbocycles. The molecule has 0 spiro atoms. The molecule has 2 aliphatic heterocycles. The molecule has 0 aliphatic carbocycles. The van der Waals surface area contributed by atoms with E-state index < -0.39 is 0 Å². The number of benzene rings is 2. The standard InChI is InChI=1S/C24H29N5O2/c1-3-28-11-13-29(14-12-28)24-26-20-16-17(8-9-21(20)27(24)2)23(30)25-19-10-15-31-22-7-5-4-6-18(19)22/h4-9,16,19H,3,10-15H2,1-2H3,(H,25,30)/t19-/m0/s1. The first-order chi connectivity index (χ1) is 15.1. The van der Waals surface area contributed by atoms with E-state index in [1.165, 1.54) is 0 Å². The average Bonchev–Trinajstić information content (AvgIpc) is 3.15. The number of hydrogen-bond acceptors (Lipinski definition) is 5. The molecule has 0 radical (unpaired) electrons. The zero-order valence-corrected chi connectivity index (χ0v) is 18.2. The maximum absolute atomic E-state index is 13.0. The van der Waals surface area contributed by atoms with Crippen molar-refractivity contribution in [2.45, 2.75) is 19.4 Å². The summed E-state index contributed by atoms with van der Waals surface area (Å²) in [5, 5.41) is 3.18. The predicted molar refractivity (Wildman–Crippen MR) is 122 cm³/mol. The Balaban J connectivity index is 1.36. The van der Waals surface area contributed by atoms with E-state index in [9.17, 15) is 4.79 Å². The summed E-state index contributed by atoms with van der Waals surface area (Å²) < 4.78 is 7.85. The number of fused-ring (bicyclic) bond motifs is 2. The Kier molecular flexibility index (Phi) is 5.28. The van der Waals surface area contributed by atoms with Crippen molar-refractivity contribution < 1.29 is 9.53 Å². The molecule has 3 aromatic rings. The smallest absolute Gasteiger partial charge is 0.251 e. The number of ether oxygens (including phenoxy) is 1. The molecule has 1 atom stereocenters. The third kappa shape index (κ3) is 3.74. The Morgan fingerprint density at radius 3 is 2.77 bits per heavy atom. The maximum atomic E-state index is 13.0. The first-order valence-corrected chi connectivity index (χ1v) is 11.1. The Labute approximate surface area is 182 Å². The van der Waals surface area contributed by atoms with Crippen LogP contribution in [0.15, 0.2) is 42.5 Å². The van der Waals surface area contributed by atoms with Gasteiger partial charge in [0.05, 0.1) is 23.7 Å². The monoisotopic (exact) mass is 419 g/mol. The number of aryl methyl sites for hydroxylation is 1. The lowest BCUT2D eigenvalue weighted by Crippen LogP contribution is -2.47. The minimum atomic E-state index is -0.0765. The number of anilines is 1. The molecule has 2 aromatic carbocycles. The number of rotatable bonds is 4. The number of piperazine rings is 1. The van der Waals surface area contributed by atoms with Crippen LogP contribution in [0.5, 0.6) is 5.75 Å². The lowest BCUT2D eigenvalue weighted by molar-refractivity contribution is 0.0925. The molecule has 1 saturated heterocycles. The van der Waals surface area contributed by atoms with Crippen LogP contribution in [-0.4, -0.2) is 59.7 Å². The molecule has 162 valence electrons. The Morgan fingerprint density at radius 2 is 1.97 bits per heavy atom. The number of nitrogens with zero attached hydrogens (tertiary/aromatic N) is 4. The van der Waals surface area contributed by atoms with Gasteiger partial charge in [0, 0.05) is 50.8 Å². The van der Waals surface area contributed by atoms with E-state index in [4.69, 9.17) is 9.72 Å². The molecular weight excluding hydrogens is 390 g/mol. The highest BCUT2D eigenvalue weighted by Crippen LogP contribution is 2.32. The van der Waals surface area contributed by atoms with Gasteiger partial charge in [-0.2, -0.15) is 0 Å². The van der Waals surface area contributed by atoms with Crippen molar-refractivity contribution in [3.63, 3.8) is 0 Å². The molecule has 7 nitrogen and oxygen atoms in total. The van der Waals surface area contributed by atoms with Gasteiger partial charge in [0.2, 0.25) is 5.95 Å². The summed E-state index contributed by atoms with van der Waals surface area (Å²) in [5.74, 6) is 1.75. The Hall–Kier alpha value is -3.06. The van der Waals surface area contributed by atoms with E-state index in [0.29, 0.717) is 12.2 Å². The number of nitrogens with one attached hydrogen (secondary N) is 1. The van der Waals surface area contributed by atoms with E-state index in [-0.39, 0.29) is 11.9 Å². The molecule has 3 heterocycles. The van der Waals surface area contributed by atoms with E-state index >= 15 is 0 Å². The highest BCUT2D eigenvalue weighted by Gasteiger charge is 2.24. The van der Waals surface area contributed by atoms with E-state index in [1.807, 2.05) is 42.5 Å². The minimum Gasteiger partial charge on any atom is -0.493 e. The number of carbonyl (C=O) groups is 1. The van der Waals surface area contributed by atoms with Crippen LogP contribution in [0.1, 0.15) is 35.3 Å². The summed E-state index contributed by atoms with van der Waals surface area (Å²) in [5.41, 5.74) is 3.57. The van der Waals surface area contributed by atoms with Gasteiger partial charge >= 0.3 is 0 Å². The second-order valence-electron chi connectivity index (χ2n) is 8.30. The second kappa shape index (κ2) is 8.23. The van der Waals surface area contributed by atoms with Crippen molar-refractivity contribution in [1.29, 1.82) is 0 Å². The highest BCUT2D eigenvalue weighted by molar-refractivity contribution is 5.98. The van der Waals surface area contributed by atoms with Crippen molar-refractivity contribution in [1.82, 2.24) is 19.8 Å². The van der Waals surface area contributed by atoms with Crippen molar-refractivity contribution in [2.75, 3.05) is 44.2 Å². The second-order valence-corrected chi connectivity index (χ2v) is 8.30. The zero-order chi connectivity index (χ0) is 21.4. The molecule has 1 amide bonds. The normalized spacial score (nSPS) is 19.2. The summed E-state index contributed by atoms with van der Waals surface area (Å²) in [4.78, 5) is 22.7. The van der Waals surface area contributed by atoms with Gasteiger partial charge in [-0.05, 0) is 30.8 Å². The quantitative estimate of drug-likeness (QED) is 0.705. The van der Waals surface area contributed by atoms with Gasteiger partial charge < -0.3 is 24.4 Å². The van der Waals surface area contributed by atoms with E-state index in [0.717, 1.165) is 67.4 Å².